The zero-order chi connectivity index (χ0) is 18.0. The Hall–Kier alpha value is -1.48. The van der Waals surface area contributed by atoms with Crippen molar-refractivity contribution in [2.45, 2.75) is 30.3 Å². The number of fused-ring (bicyclic) bond motifs is 1. The molecular weight excluding hydrogens is 342 g/mol. The van der Waals surface area contributed by atoms with E-state index in [-0.39, 0.29) is 16.8 Å². The first-order valence-corrected chi connectivity index (χ1v) is 9.98. The van der Waals surface area contributed by atoms with E-state index < -0.39 is 10.0 Å². The third kappa shape index (κ3) is 4.38. The third-order valence-electron chi connectivity index (χ3n) is 4.56. The van der Waals surface area contributed by atoms with Crippen LogP contribution >= 0.6 is 0 Å². The molecule has 1 fully saturated rings. The first-order valence-electron chi connectivity index (χ1n) is 8.49. The molecule has 1 aromatic carbocycles. The third-order valence-corrected chi connectivity index (χ3v) is 6.07. The van der Waals surface area contributed by atoms with Gasteiger partial charge in [-0.15, -0.1) is 0 Å². The van der Waals surface area contributed by atoms with Gasteiger partial charge in [-0.05, 0) is 50.2 Å². The summed E-state index contributed by atoms with van der Waals surface area (Å²) in [5.41, 5.74) is 2.01. The molecule has 25 heavy (non-hydrogen) atoms. The summed E-state index contributed by atoms with van der Waals surface area (Å²) in [5.74, 6) is 0.0928. The summed E-state index contributed by atoms with van der Waals surface area (Å²) in [6.45, 7) is 2.55. The Morgan fingerprint density at radius 1 is 1.36 bits per heavy atom. The molecule has 0 aliphatic carbocycles. The molecule has 1 N–H and O–H groups in total. The van der Waals surface area contributed by atoms with Gasteiger partial charge < -0.3 is 14.5 Å². The van der Waals surface area contributed by atoms with Crippen molar-refractivity contribution in [1.82, 2.24) is 14.5 Å². The van der Waals surface area contributed by atoms with Crippen molar-refractivity contribution in [3.05, 3.63) is 29.3 Å². The molecular formula is C17H25N3O4S. The van der Waals surface area contributed by atoms with E-state index >= 15 is 0 Å². The van der Waals surface area contributed by atoms with E-state index in [1.807, 2.05) is 30.0 Å². The predicted octanol–water partition coefficient (Wildman–Crippen LogP) is 0.200. The second-order valence-corrected chi connectivity index (χ2v) is 8.63. The minimum Gasteiger partial charge on any atom is -0.380 e. The fourth-order valence-corrected chi connectivity index (χ4v) is 4.50. The average molecular weight is 367 g/mol. The summed E-state index contributed by atoms with van der Waals surface area (Å²) in [7, 11) is 0.201. The molecule has 1 atom stereocenters. The van der Waals surface area contributed by atoms with Crippen LogP contribution in [0.1, 0.15) is 17.5 Å². The lowest BCUT2D eigenvalue weighted by Gasteiger charge is -2.30. The average Bonchev–Trinajstić information content (AvgIpc) is 3.05. The van der Waals surface area contributed by atoms with Crippen molar-refractivity contribution in [2.24, 2.45) is 0 Å². The van der Waals surface area contributed by atoms with E-state index in [4.69, 9.17) is 4.74 Å². The van der Waals surface area contributed by atoms with Gasteiger partial charge in [0.1, 0.15) is 0 Å². The van der Waals surface area contributed by atoms with Crippen LogP contribution in [0.15, 0.2) is 23.1 Å². The van der Waals surface area contributed by atoms with Gasteiger partial charge in [0.2, 0.25) is 15.9 Å². The van der Waals surface area contributed by atoms with Gasteiger partial charge in [0.25, 0.3) is 0 Å². The topological polar surface area (TPSA) is 79.0 Å². The number of hydrogen-bond acceptors (Lipinski definition) is 5. The van der Waals surface area contributed by atoms with E-state index in [2.05, 4.69) is 4.72 Å². The molecule has 3 rings (SSSR count). The zero-order valence-corrected chi connectivity index (χ0v) is 15.5. The fraction of sp³-hybridized carbons (Fsp3) is 0.588. The Bertz CT molecular complexity index is 742. The normalized spacial score (nSPS) is 20.8. The molecule has 138 valence electrons. The maximum Gasteiger partial charge on any atom is 0.240 e. The van der Waals surface area contributed by atoms with Crippen LogP contribution in [-0.2, 0) is 32.5 Å². The number of rotatable bonds is 5. The van der Waals surface area contributed by atoms with E-state index in [1.165, 1.54) is 0 Å². The van der Waals surface area contributed by atoms with Gasteiger partial charge in [0.05, 0.1) is 18.0 Å². The van der Waals surface area contributed by atoms with Crippen molar-refractivity contribution in [1.29, 1.82) is 0 Å². The summed E-state index contributed by atoms with van der Waals surface area (Å²) < 4.78 is 33.0. The standard InChI is InChI=1S/C17H25N3O4S/c1-19(2)11-17(21)20-7-5-13-9-16(4-3-14(13)10-20)25(22,23)18-15-6-8-24-12-15/h3-4,9,15,18H,5-8,10-12H2,1-2H3/t15-/m1/s1. The monoisotopic (exact) mass is 367 g/mol. The highest BCUT2D eigenvalue weighted by Crippen LogP contribution is 2.23. The number of nitrogens with one attached hydrogen (secondary N) is 1. The second-order valence-electron chi connectivity index (χ2n) is 6.92. The number of hydrogen-bond donors (Lipinski definition) is 1. The quantitative estimate of drug-likeness (QED) is 0.804. The van der Waals surface area contributed by atoms with Crippen molar-refractivity contribution in [3.63, 3.8) is 0 Å². The number of likely N-dealkylation sites (N-methyl/N-ethyl adjacent to an activating group) is 1. The molecule has 1 saturated heterocycles. The lowest BCUT2D eigenvalue weighted by atomic mass is 10.00. The van der Waals surface area contributed by atoms with E-state index in [0.717, 1.165) is 11.1 Å². The highest BCUT2D eigenvalue weighted by Gasteiger charge is 2.26. The summed E-state index contributed by atoms with van der Waals surface area (Å²) in [5, 5.41) is 0. The number of benzene rings is 1. The predicted molar refractivity (Wildman–Crippen MR) is 93.7 cm³/mol. The Kier molecular flexibility index (Phi) is 5.43. The molecule has 0 radical (unpaired) electrons. The summed E-state index contributed by atoms with van der Waals surface area (Å²) >= 11 is 0. The Morgan fingerprint density at radius 3 is 2.84 bits per heavy atom. The molecule has 0 saturated carbocycles. The molecule has 2 aliphatic rings. The Morgan fingerprint density at radius 2 is 2.16 bits per heavy atom. The molecule has 0 aromatic heterocycles. The van der Waals surface area contributed by atoms with Crippen molar-refractivity contribution >= 4 is 15.9 Å². The maximum atomic E-state index is 12.5. The number of sulfonamides is 1. The smallest absolute Gasteiger partial charge is 0.240 e. The minimum atomic E-state index is -3.54. The largest absolute Gasteiger partial charge is 0.380 e. The molecule has 7 nitrogen and oxygen atoms in total. The molecule has 0 bridgehead atoms. The van der Waals surface area contributed by atoms with Gasteiger partial charge >= 0.3 is 0 Å². The summed E-state index contributed by atoms with van der Waals surface area (Å²) in [6.07, 6.45) is 1.37. The molecule has 1 amide bonds. The van der Waals surface area contributed by atoms with Crippen molar-refractivity contribution < 1.29 is 17.9 Å². The first-order chi connectivity index (χ1) is 11.8. The lowest BCUT2D eigenvalue weighted by Crippen LogP contribution is -2.41. The van der Waals surface area contributed by atoms with Crippen molar-refractivity contribution in [2.75, 3.05) is 40.4 Å². The molecule has 0 spiro atoms. The lowest BCUT2D eigenvalue weighted by molar-refractivity contribution is -0.132. The fourth-order valence-electron chi connectivity index (χ4n) is 3.19. The summed E-state index contributed by atoms with van der Waals surface area (Å²) in [6, 6.07) is 5.03. The van der Waals surface area contributed by atoms with E-state index in [1.54, 1.807) is 12.1 Å². The first kappa shape index (κ1) is 18.3. The van der Waals surface area contributed by atoms with Crippen LogP contribution in [0.25, 0.3) is 0 Å². The van der Waals surface area contributed by atoms with Gasteiger partial charge in [-0.3, -0.25) is 4.79 Å². The maximum absolute atomic E-state index is 12.5. The number of ether oxygens (including phenoxy) is 1. The van der Waals surface area contributed by atoms with Crippen LogP contribution in [0.3, 0.4) is 0 Å². The van der Waals surface area contributed by atoms with Gasteiger partial charge in [-0.25, -0.2) is 13.1 Å². The van der Waals surface area contributed by atoms with Gasteiger partial charge in [0, 0.05) is 25.7 Å². The Labute approximate surface area is 149 Å². The number of carbonyl (C=O) groups excluding carboxylic acids is 1. The van der Waals surface area contributed by atoms with Crippen LogP contribution in [0, 0.1) is 0 Å². The molecule has 1 aromatic rings. The molecule has 8 heteroatoms. The van der Waals surface area contributed by atoms with Gasteiger partial charge in [-0.1, -0.05) is 6.07 Å². The van der Waals surface area contributed by atoms with E-state index in [0.29, 0.717) is 45.7 Å². The number of carbonyl (C=O) groups is 1. The minimum absolute atomic E-state index is 0.0928. The molecule has 0 unspecified atom stereocenters. The summed E-state index contributed by atoms with van der Waals surface area (Å²) in [4.78, 5) is 16.2. The van der Waals surface area contributed by atoms with E-state index in [9.17, 15) is 13.2 Å². The highest BCUT2D eigenvalue weighted by atomic mass is 32.2. The van der Waals surface area contributed by atoms with Gasteiger partial charge in [-0.2, -0.15) is 0 Å². The van der Waals surface area contributed by atoms with Crippen LogP contribution in [0.4, 0.5) is 0 Å². The van der Waals surface area contributed by atoms with Gasteiger partial charge in [0.15, 0.2) is 0 Å². The van der Waals surface area contributed by atoms with Crippen LogP contribution < -0.4 is 4.72 Å². The second kappa shape index (κ2) is 7.41. The molecule has 2 aliphatic heterocycles. The van der Waals surface area contributed by atoms with Crippen LogP contribution in [-0.4, -0.2) is 70.6 Å². The SMILES string of the molecule is CN(C)CC(=O)N1CCc2cc(S(=O)(=O)N[C@@H]3CCOC3)ccc2C1. The van der Waals surface area contributed by atoms with Crippen LogP contribution in [0.2, 0.25) is 0 Å². The number of amides is 1. The molecule has 2 heterocycles. The van der Waals surface area contributed by atoms with Crippen LogP contribution in [0.5, 0.6) is 0 Å². The Balaban J connectivity index is 1.72. The zero-order valence-electron chi connectivity index (χ0n) is 14.7. The highest BCUT2D eigenvalue weighted by molar-refractivity contribution is 7.89. The van der Waals surface area contributed by atoms with Crippen molar-refractivity contribution in [3.8, 4) is 0 Å². The number of nitrogens with zero attached hydrogens (tertiary/aromatic N) is 2.